The second-order valence-corrected chi connectivity index (χ2v) is 6.61. The maximum absolute atomic E-state index is 2.65. The van der Waals surface area contributed by atoms with E-state index in [2.05, 4.69) is 65.1 Å². The Kier molecular flexibility index (Phi) is 3.37. The van der Waals surface area contributed by atoms with Crippen molar-refractivity contribution in [2.45, 2.75) is 35.5 Å². The third-order valence-electron chi connectivity index (χ3n) is 3.88. The van der Waals surface area contributed by atoms with Crippen LogP contribution in [0.25, 0.3) is 10.8 Å². The molecule has 1 unspecified atom stereocenters. The molecule has 17 heavy (non-hydrogen) atoms. The second kappa shape index (κ2) is 4.97. The van der Waals surface area contributed by atoms with Crippen LogP contribution in [0.1, 0.15) is 37.2 Å². The summed E-state index contributed by atoms with van der Waals surface area (Å²) in [6, 6.07) is 15.7. The van der Waals surface area contributed by atoms with E-state index in [1.165, 1.54) is 36.5 Å². The molecule has 0 aliphatic heterocycles. The minimum atomic E-state index is 0.772. The molecule has 2 atom stereocenters. The molecule has 1 aliphatic rings. The van der Waals surface area contributed by atoms with Crippen molar-refractivity contribution in [1.82, 2.24) is 0 Å². The van der Waals surface area contributed by atoms with Gasteiger partial charge < -0.3 is 0 Å². The molecule has 0 amide bonds. The monoisotopic (exact) mass is 336 g/mol. The van der Waals surface area contributed by atoms with Gasteiger partial charge in [-0.15, -0.1) is 0 Å². The first-order valence-corrected chi connectivity index (χ1v) is 7.72. The van der Waals surface area contributed by atoms with Crippen LogP contribution in [-0.4, -0.2) is 3.92 Å². The lowest BCUT2D eigenvalue weighted by Crippen LogP contribution is -2.16. The van der Waals surface area contributed by atoms with Crippen LogP contribution >= 0.6 is 22.6 Å². The summed E-state index contributed by atoms with van der Waals surface area (Å²) < 4.78 is 0.822. The number of hydrogen-bond acceptors (Lipinski definition) is 0. The first kappa shape index (κ1) is 11.5. The first-order valence-electron chi connectivity index (χ1n) is 6.47. The first-order chi connectivity index (χ1) is 8.34. The fourth-order valence-electron chi connectivity index (χ4n) is 2.90. The fraction of sp³-hybridized carbons (Fsp3) is 0.375. The van der Waals surface area contributed by atoms with Gasteiger partial charge >= 0.3 is 0 Å². The number of fused-ring (bicyclic) bond motifs is 1. The van der Waals surface area contributed by atoms with Crippen molar-refractivity contribution in [3.8, 4) is 0 Å². The summed E-state index contributed by atoms with van der Waals surface area (Å²) in [6.07, 6.45) is 5.57. The molecule has 0 nitrogen and oxygen atoms in total. The lowest BCUT2D eigenvalue weighted by atomic mass is 9.83. The summed E-state index contributed by atoms with van der Waals surface area (Å²) in [5, 5.41) is 2.75. The Morgan fingerprint density at radius 1 is 0.882 bits per heavy atom. The van der Waals surface area contributed by atoms with Gasteiger partial charge in [-0.2, -0.15) is 0 Å². The Morgan fingerprint density at radius 3 is 2.47 bits per heavy atom. The van der Waals surface area contributed by atoms with Crippen molar-refractivity contribution in [2.75, 3.05) is 0 Å². The van der Waals surface area contributed by atoms with Gasteiger partial charge in [0.15, 0.2) is 0 Å². The highest BCUT2D eigenvalue weighted by atomic mass is 127. The van der Waals surface area contributed by atoms with E-state index in [9.17, 15) is 0 Å². The lowest BCUT2D eigenvalue weighted by molar-refractivity contribution is 0.468. The highest BCUT2D eigenvalue weighted by Crippen LogP contribution is 2.38. The van der Waals surface area contributed by atoms with Gasteiger partial charge in [-0.1, -0.05) is 77.9 Å². The van der Waals surface area contributed by atoms with Crippen molar-refractivity contribution in [2.24, 2.45) is 0 Å². The van der Waals surface area contributed by atoms with Crippen LogP contribution in [0.2, 0.25) is 0 Å². The number of hydrogen-bond donors (Lipinski definition) is 0. The van der Waals surface area contributed by atoms with Crippen LogP contribution in [0, 0.1) is 0 Å². The molecule has 0 saturated heterocycles. The number of alkyl halides is 1. The Morgan fingerprint density at radius 2 is 1.65 bits per heavy atom. The van der Waals surface area contributed by atoms with E-state index in [0.29, 0.717) is 0 Å². The Hall–Kier alpha value is -0.570. The molecule has 0 bridgehead atoms. The zero-order chi connectivity index (χ0) is 11.7. The third-order valence-corrected chi connectivity index (χ3v) is 5.37. The number of benzene rings is 2. The maximum atomic E-state index is 2.65. The Balaban J connectivity index is 1.99. The van der Waals surface area contributed by atoms with Gasteiger partial charge in [-0.25, -0.2) is 0 Å². The zero-order valence-electron chi connectivity index (χ0n) is 9.90. The molecule has 0 spiro atoms. The summed E-state index contributed by atoms with van der Waals surface area (Å²) >= 11 is 2.65. The van der Waals surface area contributed by atoms with Gasteiger partial charge in [-0.3, -0.25) is 0 Å². The van der Waals surface area contributed by atoms with E-state index >= 15 is 0 Å². The number of halogens is 1. The van der Waals surface area contributed by atoms with Gasteiger partial charge in [0.05, 0.1) is 0 Å². The van der Waals surface area contributed by atoms with Crippen LogP contribution in [-0.2, 0) is 0 Å². The minimum absolute atomic E-state index is 0.772. The van der Waals surface area contributed by atoms with E-state index in [1.807, 2.05) is 0 Å². The average Bonchev–Trinajstić information content (AvgIpc) is 2.39. The van der Waals surface area contributed by atoms with Gasteiger partial charge in [0.1, 0.15) is 0 Å². The molecule has 0 aromatic heterocycles. The average molecular weight is 336 g/mol. The SMILES string of the molecule is IC1CCCC[C@@H]1c1ccc2ccccc2c1. The van der Waals surface area contributed by atoms with Crippen molar-refractivity contribution >= 4 is 33.4 Å². The van der Waals surface area contributed by atoms with Crippen molar-refractivity contribution < 1.29 is 0 Å². The summed E-state index contributed by atoms with van der Waals surface area (Å²) in [5.41, 5.74) is 1.54. The van der Waals surface area contributed by atoms with Crippen LogP contribution in [0.15, 0.2) is 42.5 Å². The highest BCUT2D eigenvalue weighted by molar-refractivity contribution is 14.1. The van der Waals surface area contributed by atoms with Crippen molar-refractivity contribution in [3.63, 3.8) is 0 Å². The molecule has 2 aromatic carbocycles. The summed E-state index contributed by atoms with van der Waals surface area (Å²) in [4.78, 5) is 0. The quantitative estimate of drug-likeness (QED) is 0.490. The normalized spacial score (nSPS) is 25.0. The van der Waals surface area contributed by atoms with Gasteiger partial charge in [-0.05, 0) is 35.1 Å². The van der Waals surface area contributed by atoms with Gasteiger partial charge in [0.2, 0.25) is 0 Å². The second-order valence-electron chi connectivity index (χ2n) is 5.01. The molecule has 1 aliphatic carbocycles. The Labute approximate surface area is 117 Å². The van der Waals surface area contributed by atoms with E-state index < -0.39 is 0 Å². The topological polar surface area (TPSA) is 0 Å². The third kappa shape index (κ3) is 2.35. The van der Waals surface area contributed by atoms with Crippen LogP contribution < -0.4 is 0 Å². The molecule has 1 saturated carbocycles. The van der Waals surface area contributed by atoms with Gasteiger partial charge in [0, 0.05) is 3.92 Å². The van der Waals surface area contributed by atoms with Crippen LogP contribution in [0.5, 0.6) is 0 Å². The largest absolute Gasteiger partial charge is 0.0820 e. The zero-order valence-corrected chi connectivity index (χ0v) is 12.1. The number of rotatable bonds is 1. The van der Waals surface area contributed by atoms with Gasteiger partial charge in [0.25, 0.3) is 0 Å². The smallest absolute Gasteiger partial charge is 0.0178 e. The fourth-order valence-corrected chi connectivity index (χ4v) is 4.11. The van der Waals surface area contributed by atoms with E-state index in [1.54, 1.807) is 5.56 Å². The Bertz CT molecular complexity index is 518. The predicted molar refractivity (Wildman–Crippen MR) is 83.0 cm³/mol. The van der Waals surface area contributed by atoms with Crippen LogP contribution in [0.4, 0.5) is 0 Å². The molecule has 0 N–H and O–H groups in total. The van der Waals surface area contributed by atoms with Crippen LogP contribution in [0.3, 0.4) is 0 Å². The van der Waals surface area contributed by atoms with E-state index in [-0.39, 0.29) is 0 Å². The van der Waals surface area contributed by atoms with Crippen molar-refractivity contribution in [3.05, 3.63) is 48.0 Å². The van der Waals surface area contributed by atoms with E-state index in [0.717, 1.165) is 9.84 Å². The summed E-state index contributed by atoms with van der Waals surface area (Å²) in [7, 11) is 0. The molecule has 3 rings (SSSR count). The molecular weight excluding hydrogens is 319 g/mol. The van der Waals surface area contributed by atoms with Crippen molar-refractivity contribution in [1.29, 1.82) is 0 Å². The molecular formula is C16H17I. The molecule has 1 heteroatoms. The molecule has 0 heterocycles. The summed E-state index contributed by atoms with van der Waals surface area (Å²) in [5.74, 6) is 0.772. The lowest BCUT2D eigenvalue weighted by Gasteiger charge is -2.28. The molecule has 88 valence electrons. The molecule has 1 fully saturated rings. The predicted octanol–water partition coefficient (Wildman–Crippen LogP) is 5.30. The highest BCUT2D eigenvalue weighted by Gasteiger charge is 2.23. The maximum Gasteiger partial charge on any atom is 0.0178 e. The molecule has 2 aromatic rings. The summed E-state index contributed by atoms with van der Waals surface area (Å²) in [6.45, 7) is 0. The standard InChI is InChI=1S/C16H17I/c17-16-8-4-3-7-15(16)14-10-9-12-5-1-2-6-13(12)11-14/h1-2,5-6,9-11,15-16H,3-4,7-8H2/t15-,16?/m1/s1. The molecule has 0 radical (unpaired) electrons. The van der Waals surface area contributed by atoms with E-state index in [4.69, 9.17) is 0 Å². The minimum Gasteiger partial charge on any atom is -0.0820 e.